The number of ketones is 1. The molecule has 0 radical (unpaired) electrons. The maximum absolute atomic E-state index is 11.2. The molecule has 0 rings (SSSR count). The Balaban J connectivity index is 4.61. The lowest BCUT2D eigenvalue weighted by Crippen LogP contribution is -2.39. The van der Waals surface area contributed by atoms with E-state index >= 15 is 0 Å². The number of Topliss-reactive ketones (excluding diaryl/α,β-unsaturated/α-hetero) is 1. The van der Waals surface area contributed by atoms with Crippen molar-refractivity contribution in [3.05, 3.63) is 0 Å². The van der Waals surface area contributed by atoms with Crippen molar-refractivity contribution in [1.29, 1.82) is 0 Å². The molecule has 0 aliphatic carbocycles. The first kappa shape index (κ1) is 13.7. The van der Waals surface area contributed by atoms with Crippen LogP contribution in [-0.4, -0.2) is 33.1 Å². The number of carbonyl (C=O) groups excluding carboxylic acids is 2. The topological polar surface area (TPSA) is 55.4 Å². The maximum atomic E-state index is 11.2. The SMILES string of the molecule is COC(=O)NC(C#C[Si](C)(C)C)C(C)=O. The van der Waals surface area contributed by atoms with Gasteiger partial charge in [-0.2, -0.15) is 0 Å². The minimum Gasteiger partial charge on any atom is -0.453 e. The molecule has 0 aromatic carbocycles. The fourth-order valence-corrected chi connectivity index (χ4v) is 1.28. The Morgan fingerprint density at radius 1 is 1.33 bits per heavy atom. The number of nitrogens with one attached hydrogen (secondary N) is 1. The predicted molar refractivity (Wildman–Crippen MR) is 61.1 cm³/mol. The average molecular weight is 227 g/mol. The standard InChI is InChI=1S/C10H17NO3Si/c1-8(12)9(11-10(13)14-2)6-7-15(3,4)5/h9H,1-5H3,(H,11,13). The van der Waals surface area contributed by atoms with E-state index in [9.17, 15) is 9.59 Å². The van der Waals surface area contributed by atoms with E-state index in [0.717, 1.165) is 0 Å². The number of ether oxygens (including phenoxy) is 1. The summed E-state index contributed by atoms with van der Waals surface area (Å²) in [5.41, 5.74) is 3.03. The van der Waals surface area contributed by atoms with Gasteiger partial charge in [-0.05, 0) is 6.92 Å². The second kappa shape index (κ2) is 5.56. The molecule has 0 aromatic heterocycles. The van der Waals surface area contributed by atoms with E-state index in [1.54, 1.807) is 0 Å². The summed E-state index contributed by atoms with van der Waals surface area (Å²) in [4.78, 5) is 22.1. The average Bonchev–Trinajstić information content (AvgIpc) is 2.09. The van der Waals surface area contributed by atoms with Gasteiger partial charge in [0, 0.05) is 0 Å². The zero-order valence-corrected chi connectivity index (χ0v) is 10.8. The summed E-state index contributed by atoms with van der Waals surface area (Å²) in [7, 11) is -0.284. The molecular formula is C10H17NO3Si. The van der Waals surface area contributed by atoms with E-state index in [0.29, 0.717) is 0 Å². The van der Waals surface area contributed by atoms with Crippen molar-refractivity contribution in [2.45, 2.75) is 32.6 Å². The number of hydrogen-bond acceptors (Lipinski definition) is 3. The Morgan fingerprint density at radius 2 is 1.87 bits per heavy atom. The quantitative estimate of drug-likeness (QED) is 0.569. The highest BCUT2D eigenvalue weighted by Crippen LogP contribution is 1.97. The summed E-state index contributed by atoms with van der Waals surface area (Å²) < 4.78 is 4.40. The third-order valence-corrected chi connectivity index (χ3v) is 2.34. The van der Waals surface area contributed by atoms with Crippen LogP contribution in [0.15, 0.2) is 0 Å². The molecule has 84 valence electrons. The van der Waals surface area contributed by atoms with Gasteiger partial charge in [-0.25, -0.2) is 4.79 Å². The van der Waals surface area contributed by atoms with Gasteiger partial charge in [0.1, 0.15) is 8.07 Å². The lowest BCUT2D eigenvalue weighted by Gasteiger charge is -2.10. The predicted octanol–water partition coefficient (Wildman–Crippen LogP) is 1.18. The molecular weight excluding hydrogens is 210 g/mol. The van der Waals surface area contributed by atoms with Gasteiger partial charge in [0.25, 0.3) is 0 Å². The van der Waals surface area contributed by atoms with Crippen LogP contribution in [-0.2, 0) is 9.53 Å². The number of alkyl carbamates (subject to hydrolysis) is 1. The Kier molecular flexibility index (Phi) is 5.09. The van der Waals surface area contributed by atoms with Gasteiger partial charge >= 0.3 is 6.09 Å². The van der Waals surface area contributed by atoms with Gasteiger partial charge in [0.15, 0.2) is 11.8 Å². The van der Waals surface area contributed by atoms with Crippen LogP contribution in [0.5, 0.6) is 0 Å². The summed E-state index contributed by atoms with van der Waals surface area (Å²) >= 11 is 0. The molecule has 5 heteroatoms. The normalized spacial score (nSPS) is 12.1. The number of rotatable bonds is 2. The fraction of sp³-hybridized carbons (Fsp3) is 0.600. The largest absolute Gasteiger partial charge is 0.453 e. The Labute approximate surface area is 91.4 Å². The van der Waals surface area contributed by atoms with Crippen molar-refractivity contribution < 1.29 is 14.3 Å². The number of amides is 1. The van der Waals surface area contributed by atoms with Gasteiger partial charge in [-0.15, -0.1) is 5.54 Å². The summed E-state index contributed by atoms with van der Waals surface area (Å²) in [6.45, 7) is 7.58. The van der Waals surface area contributed by atoms with E-state index in [4.69, 9.17) is 0 Å². The third kappa shape index (κ3) is 6.74. The molecule has 0 saturated heterocycles. The Morgan fingerprint density at radius 3 is 2.20 bits per heavy atom. The second-order valence-electron chi connectivity index (χ2n) is 4.20. The molecule has 0 aromatic rings. The first-order valence-electron chi connectivity index (χ1n) is 4.64. The van der Waals surface area contributed by atoms with Gasteiger partial charge in [-0.3, -0.25) is 4.79 Å². The molecule has 1 atom stereocenters. The zero-order chi connectivity index (χ0) is 12.1. The molecule has 0 spiro atoms. The maximum Gasteiger partial charge on any atom is 0.408 e. The second-order valence-corrected chi connectivity index (χ2v) is 8.95. The van der Waals surface area contributed by atoms with E-state index in [2.05, 4.69) is 41.2 Å². The lowest BCUT2D eigenvalue weighted by atomic mass is 10.2. The van der Waals surface area contributed by atoms with E-state index < -0.39 is 20.2 Å². The minimum atomic E-state index is -1.53. The van der Waals surface area contributed by atoms with Crippen molar-refractivity contribution in [3.8, 4) is 11.5 Å². The van der Waals surface area contributed by atoms with Crippen molar-refractivity contribution in [3.63, 3.8) is 0 Å². The number of hydrogen-bond donors (Lipinski definition) is 1. The Bertz CT molecular complexity index is 309. The molecule has 0 saturated carbocycles. The monoisotopic (exact) mass is 227 g/mol. The van der Waals surface area contributed by atoms with Gasteiger partial charge in [0.2, 0.25) is 0 Å². The summed E-state index contributed by atoms with van der Waals surface area (Å²) in [6, 6.07) is -0.760. The van der Waals surface area contributed by atoms with Crippen molar-refractivity contribution in [2.75, 3.05) is 7.11 Å². The first-order valence-corrected chi connectivity index (χ1v) is 8.14. The highest BCUT2D eigenvalue weighted by Gasteiger charge is 2.15. The summed E-state index contributed by atoms with van der Waals surface area (Å²) in [5.74, 6) is 2.59. The Hall–Kier alpha value is -1.28. The van der Waals surface area contributed by atoms with Gasteiger partial charge < -0.3 is 10.1 Å². The molecule has 0 aliphatic rings. The van der Waals surface area contributed by atoms with E-state index in [-0.39, 0.29) is 5.78 Å². The van der Waals surface area contributed by atoms with Crippen molar-refractivity contribution in [2.24, 2.45) is 0 Å². The summed E-state index contributed by atoms with van der Waals surface area (Å²) in [6.07, 6.45) is -0.639. The van der Waals surface area contributed by atoms with Crippen LogP contribution in [0.2, 0.25) is 19.6 Å². The summed E-state index contributed by atoms with van der Waals surface area (Å²) in [5, 5.41) is 2.38. The fourth-order valence-electron chi connectivity index (χ4n) is 0.705. The van der Waals surface area contributed by atoms with Gasteiger partial charge in [0.05, 0.1) is 7.11 Å². The van der Waals surface area contributed by atoms with Crippen molar-refractivity contribution in [1.82, 2.24) is 5.32 Å². The number of carbonyl (C=O) groups is 2. The smallest absolute Gasteiger partial charge is 0.408 e. The van der Waals surface area contributed by atoms with Crippen LogP contribution in [0.25, 0.3) is 0 Å². The van der Waals surface area contributed by atoms with Crippen LogP contribution in [0.3, 0.4) is 0 Å². The third-order valence-electron chi connectivity index (χ3n) is 1.45. The van der Waals surface area contributed by atoms with E-state index in [1.165, 1.54) is 14.0 Å². The van der Waals surface area contributed by atoms with Crippen LogP contribution in [0.4, 0.5) is 4.79 Å². The lowest BCUT2D eigenvalue weighted by molar-refractivity contribution is -0.117. The molecule has 1 N–H and O–H groups in total. The van der Waals surface area contributed by atoms with Gasteiger partial charge in [-0.1, -0.05) is 25.6 Å². The molecule has 1 unspecified atom stereocenters. The molecule has 15 heavy (non-hydrogen) atoms. The van der Waals surface area contributed by atoms with Crippen molar-refractivity contribution >= 4 is 20.0 Å². The number of methoxy groups -OCH3 is 1. The molecule has 0 fully saturated rings. The molecule has 4 nitrogen and oxygen atoms in total. The minimum absolute atomic E-state index is 0.189. The highest BCUT2D eigenvalue weighted by molar-refractivity contribution is 6.83. The zero-order valence-electron chi connectivity index (χ0n) is 9.80. The van der Waals surface area contributed by atoms with Crippen LogP contribution in [0.1, 0.15) is 6.92 Å². The van der Waals surface area contributed by atoms with Crippen LogP contribution >= 0.6 is 0 Å². The molecule has 0 heterocycles. The van der Waals surface area contributed by atoms with Crippen LogP contribution < -0.4 is 5.32 Å². The van der Waals surface area contributed by atoms with Crippen LogP contribution in [0, 0.1) is 11.5 Å². The highest BCUT2D eigenvalue weighted by atomic mass is 28.3. The molecule has 0 bridgehead atoms. The first-order chi connectivity index (χ1) is 6.76. The van der Waals surface area contributed by atoms with E-state index in [1.807, 2.05) is 0 Å². The molecule has 0 aliphatic heterocycles. The molecule has 1 amide bonds.